The van der Waals surface area contributed by atoms with E-state index in [1.165, 1.54) is 10.7 Å². The van der Waals surface area contributed by atoms with Crippen LogP contribution in [0.2, 0.25) is 0 Å². The Hall–Kier alpha value is -1.43. The molecular weight excluding hydrogens is 174 g/mol. The van der Waals surface area contributed by atoms with Crippen LogP contribution in [0.3, 0.4) is 0 Å². The molecule has 0 radical (unpaired) electrons. The van der Waals surface area contributed by atoms with E-state index in [0.717, 1.165) is 6.42 Å². The van der Waals surface area contributed by atoms with Gasteiger partial charge in [-0.1, -0.05) is 6.92 Å². The van der Waals surface area contributed by atoms with E-state index in [-0.39, 0.29) is 12.4 Å². The number of aliphatic hydroxyl groups excluding tert-OH is 1. The van der Waals surface area contributed by atoms with Crippen molar-refractivity contribution < 1.29 is 10.0 Å². The van der Waals surface area contributed by atoms with Crippen molar-refractivity contribution in [3.8, 4) is 0 Å². The molecule has 0 atom stereocenters. The Labute approximate surface area is 74.9 Å². The molecule has 0 aliphatic rings. The SMILES string of the molecule is CCCn1nc([N+](=O)[O-])cc1CO. The second kappa shape index (κ2) is 3.99. The summed E-state index contributed by atoms with van der Waals surface area (Å²) in [7, 11) is 0. The Balaban J connectivity index is 2.96. The second-order valence-corrected chi connectivity index (χ2v) is 2.63. The molecule has 13 heavy (non-hydrogen) atoms. The third-order valence-electron chi connectivity index (χ3n) is 1.63. The van der Waals surface area contributed by atoms with Crippen molar-refractivity contribution in [2.24, 2.45) is 0 Å². The van der Waals surface area contributed by atoms with Crippen molar-refractivity contribution in [1.29, 1.82) is 0 Å². The van der Waals surface area contributed by atoms with Gasteiger partial charge in [0.2, 0.25) is 0 Å². The molecule has 0 aromatic carbocycles. The first-order chi connectivity index (χ1) is 6.19. The minimum Gasteiger partial charge on any atom is -0.390 e. The number of nitro groups is 1. The van der Waals surface area contributed by atoms with Gasteiger partial charge in [-0.3, -0.25) is 0 Å². The topological polar surface area (TPSA) is 81.2 Å². The summed E-state index contributed by atoms with van der Waals surface area (Å²) < 4.78 is 1.46. The standard InChI is InChI=1S/C7H11N3O3/c1-2-3-9-6(5-11)4-7(8-9)10(12)13/h4,11H,2-3,5H2,1H3. The first kappa shape index (κ1) is 9.66. The zero-order chi connectivity index (χ0) is 9.84. The van der Waals surface area contributed by atoms with Gasteiger partial charge in [0, 0.05) is 0 Å². The molecule has 72 valence electrons. The van der Waals surface area contributed by atoms with Gasteiger partial charge in [0.05, 0.1) is 30.0 Å². The molecule has 6 nitrogen and oxygen atoms in total. The Bertz CT molecular complexity index is 308. The highest BCUT2D eigenvalue weighted by atomic mass is 16.6. The average molecular weight is 185 g/mol. The van der Waals surface area contributed by atoms with E-state index in [9.17, 15) is 10.1 Å². The van der Waals surface area contributed by atoms with Gasteiger partial charge in [0.15, 0.2) is 0 Å². The zero-order valence-electron chi connectivity index (χ0n) is 7.30. The fraction of sp³-hybridized carbons (Fsp3) is 0.571. The van der Waals surface area contributed by atoms with Gasteiger partial charge in [-0.25, -0.2) is 0 Å². The van der Waals surface area contributed by atoms with Crippen LogP contribution in [0.15, 0.2) is 6.07 Å². The van der Waals surface area contributed by atoms with Crippen molar-refractivity contribution >= 4 is 5.82 Å². The van der Waals surface area contributed by atoms with Gasteiger partial charge in [-0.15, -0.1) is 0 Å². The highest BCUT2D eigenvalue weighted by molar-refractivity contribution is 5.21. The minimum absolute atomic E-state index is 0.211. The quantitative estimate of drug-likeness (QED) is 0.552. The van der Waals surface area contributed by atoms with Crippen LogP contribution in [0, 0.1) is 10.1 Å². The predicted molar refractivity (Wildman–Crippen MR) is 45.1 cm³/mol. The Morgan fingerprint density at radius 3 is 2.92 bits per heavy atom. The molecule has 1 N–H and O–H groups in total. The van der Waals surface area contributed by atoms with Crippen LogP contribution in [-0.4, -0.2) is 19.8 Å². The third-order valence-corrected chi connectivity index (χ3v) is 1.63. The lowest BCUT2D eigenvalue weighted by atomic mass is 10.4. The Morgan fingerprint density at radius 1 is 1.77 bits per heavy atom. The van der Waals surface area contributed by atoms with Gasteiger partial charge in [0.1, 0.15) is 0 Å². The van der Waals surface area contributed by atoms with E-state index in [0.29, 0.717) is 12.2 Å². The molecule has 0 spiro atoms. The second-order valence-electron chi connectivity index (χ2n) is 2.63. The smallest absolute Gasteiger partial charge is 0.390 e. The molecule has 0 saturated heterocycles. The average Bonchev–Trinajstić information content (AvgIpc) is 2.48. The van der Waals surface area contributed by atoms with Crippen LogP contribution >= 0.6 is 0 Å². The molecule has 0 fully saturated rings. The van der Waals surface area contributed by atoms with Crippen LogP contribution < -0.4 is 0 Å². The fourth-order valence-corrected chi connectivity index (χ4v) is 1.06. The lowest BCUT2D eigenvalue weighted by Crippen LogP contribution is -2.04. The summed E-state index contributed by atoms with van der Waals surface area (Å²) in [6.45, 7) is 2.30. The number of aliphatic hydroxyl groups is 1. The zero-order valence-corrected chi connectivity index (χ0v) is 7.30. The fourth-order valence-electron chi connectivity index (χ4n) is 1.06. The largest absolute Gasteiger partial charge is 0.390 e. The normalized spacial score (nSPS) is 10.3. The molecule has 0 saturated carbocycles. The summed E-state index contributed by atoms with van der Waals surface area (Å²) in [5.41, 5.74) is 0.480. The highest BCUT2D eigenvalue weighted by Gasteiger charge is 2.16. The number of aryl methyl sites for hydroxylation is 1. The highest BCUT2D eigenvalue weighted by Crippen LogP contribution is 2.12. The maximum Gasteiger partial charge on any atom is 0.390 e. The van der Waals surface area contributed by atoms with Gasteiger partial charge in [-0.05, 0) is 11.3 Å². The molecule has 1 aromatic heterocycles. The first-order valence-corrected chi connectivity index (χ1v) is 4.01. The summed E-state index contributed by atoms with van der Waals surface area (Å²) >= 11 is 0. The molecule has 1 rings (SSSR count). The van der Waals surface area contributed by atoms with Crippen LogP contribution in [-0.2, 0) is 13.2 Å². The minimum atomic E-state index is -0.564. The van der Waals surface area contributed by atoms with Gasteiger partial charge in [0.25, 0.3) is 0 Å². The molecule has 6 heteroatoms. The van der Waals surface area contributed by atoms with E-state index in [1.54, 1.807) is 0 Å². The number of hydrogen-bond acceptors (Lipinski definition) is 4. The lowest BCUT2D eigenvalue weighted by Gasteiger charge is -1.95. The van der Waals surface area contributed by atoms with E-state index < -0.39 is 4.92 Å². The Kier molecular flexibility index (Phi) is 2.97. The van der Waals surface area contributed by atoms with Crippen LogP contribution in [0.4, 0.5) is 5.82 Å². The lowest BCUT2D eigenvalue weighted by molar-refractivity contribution is -0.389. The molecule has 1 aromatic rings. The van der Waals surface area contributed by atoms with E-state index in [2.05, 4.69) is 5.10 Å². The van der Waals surface area contributed by atoms with E-state index in [1.807, 2.05) is 6.92 Å². The van der Waals surface area contributed by atoms with Crippen molar-refractivity contribution in [2.45, 2.75) is 26.5 Å². The molecule has 0 amide bonds. The van der Waals surface area contributed by atoms with Crippen LogP contribution in [0.25, 0.3) is 0 Å². The summed E-state index contributed by atoms with van der Waals surface area (Å²) in [6, 6.07) is 1.29. The summed E-state index contributed by atoms with van der Waals surface area (Å²) in [4.78, 5) is 9.77. The number of hydrogen-bond donors (Lipinski definition) is 1. The molecule has 0 unspecified atom stereocenters. The van der Waals surface area contributed by atoms with Crippen molar-refractivity contribution in [1.82, 2.24) is 9.78 Å². The van der Waals surface area contributed by atoms with Crippen LogP contribution in [0.5, 0.6) is 0 Å². The Morgan fingerprint density at radius 2 is 2.46 bits per heavy atom. The third kappa shape index (κ3) is 2.03. The summed E-state index contributed by atoms with van der Waals surface area (Å²) in [5.74, 6) is -0.211. The van der Waals surface area contributed by atoms with E-state index in [4.69, 9.17) is 5.11 Å². The first-order valence-electron chi connectivity index (χ1n) is 4.01. The molecule has 0 bridgehead atoms. The number of nitrogens with zero attached hydrogens (tertiary/aromatic N) is 3. The summed E-state index contributed by atoms with van der Waals surface area (Å²) in [5, 5.41) is 22.9. The van der Waals surface area contributed by atoms with E-state index >= 15 is 0 Å². The van der Waals surface area contributed by atoms with Crippen LogP contribution in [0.1, 0.15) is 19.0 Å². The number of rotatable bonds is 4. The maximum absolute atomic E-state index is 10.3. The van der Waals surface area contributed by atoms with Crippen molar-refractivity contribution in [3.63, 3.8) is 0 Å². The monoisotopic (exact) mass is 185 g/mol. The molecule has 0 aliphatic heterocycles. The molecular formula is C7H11N3O3. The predicted octanol–water partition coefficient (Wildman–Crippen LogP) is 0.694. The summed E-state index contributed by atoms with van der Waals surface area (Å²) in [6.07, 6.45) is 0.825. The van der Waals surface area contributed by atoms with Crippen molar-refractivity contribution in [2.75, 3.05) is 0 Å². The van der Waals surface area contributed by atoms with Gasteiger partial charge >= 0.3 is 5.82 Å². The molecule has 1 heterocycles. The maximum atomic E-state index is 10.3. The molecule has 0 aliphatic carbocycles. The van der Waals surface area contributed by atoms with Crippen molar-refractivity contribution in [3.05, 3.63) is 21.9 Å². The van der Waals surface area contributed by atoms with Gasteiger partial charge in [-0.2, -0.15) is 4.68 Å². The van der Waals surface area contributed by atoms with Gasteiger partial charge < -0.3 is 15.2 Å². The number of aromatic nitrogens is 2.